The van der Waals surface area contributed by atoms with Crippen molar-refractivity contribution in [1.82, 2.24) is 5.32 Å². The summed E-state index contributed by atoms with van der Waals surface area (Å²) in [5.74, 6) is -0.675. The van der Waals surface area contributed by atoms with Crippen LogP contribution in [0.2, 0.25) is 0 Å². The van der Waals surface area contributed by atoms with E-state index in [1.165, 1.54) is 0 Å². The van der Waals surface area contributed by atoms with Crippen LogP contribution in [0.5, 0.6) is 5.75 Å². The Morgan fingerprint density at radius 1 is 1.22 bits per heavy atom. The fourth-order valence-electron chi connectivity index (χ4n) is 2.13. The molecule has 0 unspecified atom stereocenters. The molecule has 0 radical (unpaired) electrons. The highest BCUT2D eigenvalue weighted by atomic mass is 16.6. The zero-order valence-corrected chi connectivity index (χ0v) is 9.83. The third-order valence-corrected chi connectivity index (χ3v) is 3.06. The van der Waals surface area contributed by atoms with E-state index in [-0.39, 0.29) is 12.0 Å². The van der Waals surface area contributed by atoms with Crippen molar-refractivity contribution in [2.24, 2.45) is 5.92 Å². The van der Waals surface area contributed by atoms with E-state index in [1.54, 1.807) is 24.3 Å². The summed E-state index contributed by atoms with van der Waals surface area (Å²) in [5.41, 5.74) is 0. The molecule has 1 aromatic rings. The van der Waals surface area contributed by atoms with Gasteiger partial charge in [-0.3, -0.25) is 4.79 Å². The molecule has 18 heavy (non-hydrogen) atoms. The van der Waals surface area contributed by atoms with Gasteiger partial charge in [0.05, 0.1) is 5.92 Å². The molecule has 2 rings (SSSR count). The number of carboxylic acid groups (broad SMARTS) is 1. The predicted molar refractivity (Wildman–Crippen MR) is 64.4 cm³/mol. The van der Waals surface area contributed by atoms with Crippen LogP contribution in [0.15, 0.2) is 30.3 Å². The molecule has 0 aliphatic heterocycles. The number of carbonyl (C=O) groups excluding carboxylic acids is 1. The van der Waals surface area contributed by atoms with Crippen molar-refractivity contribution < 1.29 is 19.4 Å². The number of carboxylic acids is 1. The minimum Gasteiger partial charge on any atom is -0.481 e. The number of ether oxygens (including phenoxy) is 1. The predicted octanol–water partition coefficient (Wildman–Crippen LogP) is 2.03. The maximum Gasteiger partial charge on any atom is 0.412 e. The first-order valence-corrected chi connectivity index (χ1v) is 5.91. The lowest BCUT2D eigenvalue weighted by atomic mass is 10.1. The molecule has 1 fully saturated rings. The van der Waals surface area contributed by atoms with Gasteiger partial charge in [-0.25, -0.2) is 4.79 Å². The Morgan fingerprint density at radius 3 is 2.56 bits per heavy atom. The molecular formula is C13H15NO4. The Kier molecular flexibility index (Phi) is 3.82. The summed E-state index contributed by atoms with van der Waals surface area (Å²) in [6.07, 6.45) is 1.23. The highest BCUT2D eigenvalue weighted by Gasteiger charge is 2.30. The van der Waals surface area contributed by atoms with Gasteiger partial charge in [0.25, 0.3) is 0 Å². The Morgan fingerprint density at radius 2 is 1.94 bits per heavy atom. The van der Waals surface area contributed by atoms with Gasteiger partial charge in [0.1, 0.15) is 5.75 Å². The third-order valence-electron chi connectivity index (χ3n) is 3.06. The van der Waals surface area contributed by atoms with Gasteiger partial charge in [0.2, 0.25) is 0 Å². The number of benzene rings is 1. The molecule has 1 amide bonds. The average molecular weight is 249 g/mol. The van der Waals surface area contributed by atoms with E-state index in [9.17, 15) is 9.59 Å². The molecule has 0 saturated heterocycles. The number of hydrogen-bond acceptors (Lipinski definition) is 3. The zero-order valence-electron chi connectivity index (χ0n) is 9.83. The van der Waals surface area contributed by atoms with Crippen molar-refractivity contribution in [1.29, 1.82) is 0 Å². The van der Waals surface area contributed by atoms with Crippen molar-refractivity contribution in [3.63, 3.8) is 0 Å². The number of aliphatic carboxylic acids is 1. The van der Waals surface area contributed by atoms with Gasteiger partial charge < -0.3 is 15.2 Å². The molecule has 1 saturated carbocycles. The number of para-hydroxylation sites is 1. The summed E-state index contributed by atoms with van der Waals surface area (Å²) in [7, 11) is 0. The van der Waals surface area contributed by atoms with Crippen LogP contribution in [-0.2, 0) is 4.79 Å². The molecule has 5 heteroatoms. The van der Waals surface area contributed by atoms with E-state index in [0.717, 1.165) is 0 Å². The van der Waals surface area contributed by atoms with E-state index < -0.39 is 12.1 Å². The molecule has 1 aliphatic carbocycles. The molecule has 0 heterocycles. The van der Waals surface area contributed by atoms with Crippen LogP contribution in [0.4, 0.5) is 4.79 Å². The third kappa shape index (κ3) is 3.23. The molecule has 2 N–H and O–H groups in total. The molecule has 2 atom stereocenters. The van der Waals surface area contributed by atoms with Gasteiger partial charge in [-0.15, -0.1) is 0 Å². The summed E-state index contributed by atoms with van der Waals surface area (Å²) in [6.45, 7) is 0. The number of carbonyl (C=O) groups is 2. The number of hydrogen-bond donors (Lipinski definition) is 2. The highest BCUT2D eigenvalue weighted by Crippen LogP contribution is 2.25. The van der Waals surface area contributed by atoms with Crippen molar-refractivity contribution >= 4 is 12.1 Å². The molecule has 96 valence electrons. The molecule has 0 bridgehead atoms. The van der Waals surface area contributed by atoms with Crippen LogP contribution in [-0.4, -0.2) is 23.2 Å². The Hall–Kier alpha value is -2.04. The molecular weight excluding hydrogens is 234 g/mol. The topological polar surface area (TPSA) is 75.6 Å². The molecule has 0 aromatic heterocycles. The second-order valence-electron chi connectivity index (χ2n) is 4.39. The Bertz CT molecular complexity index is 432. The number of rotatable bonds is 3. The minimum atomic E-state index is -0.796. The average Bonchev–Trinajstić information content (AvgIpc) is 2.78. The van der Waals surface area contributed by atoms with E-state index in [4.69, 9.17) is 9.84 Å². The first-order chi connectivity index (χ1) is 8.65. The lowest BCUT2D eigenvalue weighted by Crippen LogP contribution is -2.35. The lowest BCUT2D eigenvalue weighted by Gasteiger charge is -2.12. The molecule has 0 spiro atoms. The van der Waals surface area contributed by atoms with Crippen LogP contribution < -0.4 is 10.1 Å². The number of amides is 1. The monoisotopic (exact) mass is 249 g/mol. The molecule has 1 aliphatic rings. The normalized spacial score (nSPS) is 22.4. The van der Waals surface area contributed by atoms with Crippen molar-refractivity contribution in [2.45, 2.75) is 25.3 Å². The summed E-state index contributed by atoms with van der Waals surface area (Å²) in [6, 6.07) is 8.65. The van der Waals surface area contributed by atoms with E-state index in [2.05, 4.69) is 5.32 Å². The van der Waals surface area contributed by atoms with Crippen LogP contribution in [0.1, 0.15) is 19.3 Å². The Labute approximate surface area is 105 Å². The first kappa shape index (κ1) is 12.4. The van der Waals surface area contributed by atoms with E-state index >= 15 is 0 Å². The van der Waals surface area contributed by atoms with Crippen LogP contribution in [0.3, 0.4) is 0 Å². The van der Waals surface area contributed by atoms with Crippen LogP contribution in [0.25, 0.3) is 0 Å². The second kappa shape index (κ2) is 5.53. The fourth-order valence-corrected chi connectivity index (χ4v) is 2.13. The SMILES string of the molecule is O=C(N[C@H]1CC[C@@H](C(=O)O)C1)Oc1ccccc1. The van der Waals surface area contributed by atoms with Crippen molar-refractivity contribution in [2.75, 3.05) is 0 Å². The van der Waals surface area contributed by atoms with Gasteiger partial charge in [0, 0.05) is 6.04 Å². The van der Waals surface area contributed by atoms with E-state index in [1.807, 2.05) is 6.07 Å². The second-order valence-corrected chi connectivity index (χ2v) is 4.39. The maximum atomic E-state index is 11.6. The van der Waals surface area contributed by atoms with Gasteiger partial charge in [-0.1, -0.05) is 18.2 Å². The maximum absolute atomic E-state index is 11.6. The summed E-state index contributed by atoms with van der Waals surface area (Å²) < 4.78 is 5.07. The zero-order chi connectivity index (χ0) is 13.0. The van der Waals surface area contributed by atoms with Gasteiger partial charge in [-0.2, -0.15) is 0 Å². The lowest BCUT2D eigenvalue weighted by molar-refractivity contribution is -0.141. The Balaban J connectivity index is 1.80. The largest absolute Gasteiger partial charge is 0.481 e. The van der Waals surface area contributed by atoms with Crippen molar-refractivity contribution in [3.8, 4) is 5.75 Å². The quantitative estimate of drug-likeness (QED) is 0.859. The summed E-state index contributed by atoms with van der Waals surface area (Å²) in [4.78, 5) is 22.3. The van der Waals surface area contributed by atoms with E-state index in [0.29, 0.717) is 25.0 Å². The smallest absolute Gasteiger partial charge is 0.412 e. The fraction of sp³-hybridized carbons (Fsp3) is 0.385. The first-order valence-electron chi connectivity index (χ1n) is 5.91. The van der Waals surface area contributed by atoms with Crippen molar-refractivity contribution in [3.05, 3.63) is 30.3 Å². The highest BCUT2D eigenvalue weighted by molar-refractivity contribution is 5.72. The van der Waals surface area contributed by atoms with Crippen LogP contribution >= 0.6 is 0 Å². The number of nitrogens with one attached hydrogen (secondary N) is 1. The van der Waals surface area contributed by atoms with Gasteiger partial charge in [-0.05, 0) is 31.4 Å². The van der Waals surface area contributed by atoms with Crippen LogP contribution in [0, 0.1) is 5.92 Å². The summed E-state index contributed by atoms with van der Waals surface area (Å²) >= 11 is 0. The molecule has 5 nitrogen and oxygen atoms in total. The standard InChI is InChI=1S/C13H15NO4/c15-12(16)9-6-7-10(8-9)14-13(17)18-11-4-2-1-3-5-11/h1-5,9-10H,6-8H2,(H,14,17)(H,15,16)/t9-,10+/m1/s1. The summed E-state index contributed by atoms with van der Waals surface area (Å²) in [5, 5.41) is 11.5. The molecule has 1 aromatic carbocycles. The minimum absolute atomic E-state index is 0.109. The van der Waals surface area contributed by atoms with Gasteiger partial charge >= 0.3 is 12.1 Å². The van der Waals surface area contributed by atoms with Gasteiger partial charge in [0.15, 0.2) is 0 Å².